The fourth-order valence-corrected chi connectivity index (χ4v) is 3.62. The highest BCUT2D eigenvalue weighted by molar-refractivity contribution is 5.92. The first-order valence-electron chi connectivity index (χ1n) is 10.9. The van der Waals surface area contributed by atoms with Crippen LogP contribution in [0.15, 0.2) is 24.3 Å². The molecule has 0 radical (unpaired) electrons. The molecule has 1 heterocycles. The van der Waals surface area contributed by atoms with Crippen LogP contribution in [-0.4, -0.2) is 42.9 Å². The summed E-state index contributed by atoms with van der Waals surface area (Å²) >= 11 is 0. The van der Waals surface area contributed by atoms with Crippen LogP contribution < -0.4 is 10.6 Å². The normalized spacial score (nSPS) is 16.5. The number of nitrogens with one attached hydrogen (secondary N) is 2. The van der Waals surface area contributed by atoms with Crippen LogP contribution in [0, 0.1) is 5.92 Å². The van der Waals surface area contributed by atoms with Crippen LogP contribution in [0.1, 0.15) is 70.8 Å². The molecule has 28 heavy (non-hydrogen) atoms. The Balaban J connectivity index is 1.69. The summed E-state index contributed by atoms with van der Waals surface area (Å²) in [6.45, 7) is 9.32. The molecule has 1 unspecified atom stereocenters. The van der Waals surface area contributed by atoms with Gasteiger partial charge in [0.15, 0.2) is 0 Å². The van der Waals surface area contributed by atoms with Gasteiger partial charge in [0, 0.05) is 18.2 Å². The fraction of sp³-hybridized carbons (Fsp3) is 0.652. The molecule has 1 fully saturated rings. The number of piperidine rings is 1. The van der Waals surface area contributed by atoms with Crippen LogP contribution in [0.5, 0.6) is 0 Å². The number of hydrogen-bond acceptors (Lipinski definition) is 3. The molecule has 0 bridgehead atoms. The zero-order valence-electron chi connectivity index (χ0n) is 17.8. The molecule has 0 aromatic heterocycles. The number of amides is 2. The van der Waals surface area contributed by atoms with E-state index in [-0.39, 0.29) is 17.7 Å². The molecule has 1 aromatic carbocycles. The molecule has 1 aliphatic heterocycles. The summed E-state index contributed by atoms with van der Waals surface area (Å²) in [5, 5.41) is 6.04. The van der Waals surface area contributed by atoms with Crippen LogP contribution >= 0.6 is 0 Å². The topological polar surface area (TPSA) is 61.4 Å². The molecule has 1 saturated heterocycles. The van der Waals surface area contributed by atoms with E-state index >= 15 is 0 Å². The standard InChI is InChI=1S/C23H37N3O2/c1-4-6-7-14-24-23(28)20-12-15-26(16-13-20)17-22(27)25-21-10-8-19(9-11-21)18(3)5-2/h8-11,18,20H,4-7,12-17H2,1-3H3,(H,24,28)(H,25,27). The van der Waals surface area contributed by atoms with E-state index in [1.54, 1.807) is 0 Å². The van der Waals surface area contributed by atoms with Crippen molar-refractivity contribution in [3.8, 4) is 0 Å². The molecule has 0 saturated carbocycles. The fourth-order valence-electron chi connectivity index (χ4n) is 3.62. The number of rotatable bonds is 10. The van der Waals surface area contributed by atoms with Gasteiger partial charge in [-0.25, -0.2) is 0 Å². The Morgan fingerprint density at radius 1 is 1.11 bits per heavy atom. The second-order valence-corrected chi connectivity index (χ2v) is 8.03. The molecule has 2 N–H and O–H groups in total. The van der Waals surface area contributed by atoms with Gasteiger partial charge in [0.2, 0.25) is 11.8 Å². The minimum absolute atomic E-state index is 0.0127. The number of anilines is 1. The zero-order chi connectivity index (χ0) is 20.4. The predicted octanol–water partition coefficient (Wildman–Crippen LogP) is 4.16. The molecular formula is C23H37N3O2. The molecule has 2 rings (SSSR count). The van der Waals surface area contributed by atoms with E-state index in [4.69, 9.17) is 0 Å². The molecule has 1 atom stereocenters. The van der Waals surface area contributed by atoms with Crippen LogP contribution in [-0.2, 0) is 9.59 Å². The van der Waals surface area contributed by atoms with E-state index in [0.717, 1.165) is 57.4 Å². The summed E-state index contributed by atoms with van der Waals surface area (Å²) in [6.07, 6.45) is 6.15. The summed E-state index contributed by atoms with van der Waals surface area (Å²) in [4.78, 5) is 26.7. The van der Waals surface area contributed by atoms with E-state index in [9.17, 15) is 9.59 Å². The van der Waals surface area contributed by atoms with Crippen molar-refractivity contribution in [2.75, 3.05) is 31.5 Å². The average molecular weight is 388 g/mol. The third kappa shape index (κ3) is 7.27. The number of carbonyl (C=O) groups is 2. The Morgan fingerprint density at radius 3 is 2.39 bits per heavy atom. The Labute approximate surface area is 170 Å². The summed E-state index contributed by atoms with van der Waals surface area (Å²) in [6, 6.07) is 8.14. The van der Waals surface area contributed by atoms with Crippen molar-refractivity contribution in [3.05, 3.63) is 29.8 Å². The Hall–Kier alpha value is -1.88. The van der Waals surface area contributed by atoms with E-state index in [1.165, 1.54) is 12.0 Å². The second kappa shape index (κ2) is 11.8. The highest BCUT2D eigenvalue weighted by atomic mass is 16.2. The molecule has 1 aromatic rings. The van der Waals surface area contributed by atoms with Crippen LogP contribution in [0.3, 0.4) is 0 Å². The van der Waals surface area contributed by atoms with Crippen molar-refractivity contribution in [3.63, 3.8) is 0 Å². The number of unbranched alkanes of at least 4 members (excludes halogenated alkanes) is 2. The molecule has 0 spiro atoms. The maximum atomic E-state index is 12.3. The van der Waals surface area contributed by atoms with Gasteiger partial charge in [-0.2, -0.15) is 0 Å². The second-order valence-electron chi connectivity index (χ2n) is 8.03. The minimum Gasteiger partial charge on any atom is -0.356 e. The minimum atomic E-state index is 0.0127. The lowest BCUT2D eigenvalue weighted by Gasteiger charge is -2.30. The monoisotopic (exact) mass is 387 g/mol. The van der Waals surface area contributed by atoms with Gasteiger partial charge in [0.05, 0.1) is 6.54 Å². The smallest absolute Gasteiger partial charge is 0.238 e. The van der Waals surface area contributed by atoms with E-state index in [1.807, 2.05) is 12.1 Å². The lowest BCUT2D eigenvalue weighted by atomic mass is 9.96. The molecule has 2 amide bonds. The molecular weight excluding hydrogens is 350 g/mol. The van der Waals surface area contributed by atoms with Gasteiger partial charge < -0.3 is 10.6 Å². The first-order valence-corrected chi connectivity index (χ1v) is 10.9. The first kappa shape index (κ1) is 22.4. The lowest BCUT2D eigenvalue weighted by Crippen LogP contribution is -2.43. The Kier molecular flexibility index (Phi) is 9.48. The Bertz CT molecular complexity index is 607. The molecule has 156 valence electrons. The van der Waals surface area contributed by atoms with Gasteiger partial charge in [0.1, 0.15) is 0 Å². The van der Waals surface area contributed by atoms with Crippen molar-refractivity contribution in [2.45, 2.75) is 65.2 Å². The van der Waals surface area contributed by atoms with Gasteiger partial charge in [-0.1, -0.05) is 45.7 Å². The summed E-state index contributed by atoms with van der Waals surface area (Å²) < 4.78 is 0. The number of benzene rings is 1. The average Bonchev–Trinajstić information content (AvgIpc) is 2.71. The molecule has 1 aliphatic rings. The third-order valence-electron chi connectivity index (χ3n) is 5.78. The Morgan fingerprint density at radius 2 is 1.79 bits per heavy atom. The van der Waals surface area contributed by atoms with Crippen molar-refractivity contribution in [2.24, 2.45) is 5.92 Å². The number of nitrogens with zero attached hydrogens (tertiary/aromatic N) is 1. The highest BCUT2D eigenvalue weighted by Gasteiger charge is 2.25. The number of likely N-dealkylation sites (tertiary alicyclic amines) is 1. The van der Waals surface area contributed by atoms with Crippen LogP contribution in [0.2, 0.25) is 0 Å². The van der Waals surface area contributed by atoms with E-state index < -0.39 is 0 Å². The quantitative estimate of drug-likeness (QED) is 0.593. The van der Waals surface area contributed by atoms with Gasteiger partial charge in [-0.05, 0) is 62.4 Å². The van der Waals surface area contributed by atoms with E-state index in [2.05, 4.69) is 48.4 Å². The zero-order valence-corrected chi connectivity index (χ0v) is 17.8. The maximum Gasteiger partial charge on any atom is 0.238 e. The van der Waals surface area contributed by atoms with Gasteiger partial charge >= 0.3 is 0 Å². The summed E-state index contributed by atoms with van der Waals surface area (Å²) in [5.41, 5.74) is 2.15. The molecule has 0 aliphatic carbocycles. The summed E-state index contributed by atoms with van der Waals surface area (Å²) in [7, 11) is 0. The SMILES string of the molecule is CCCCCNC(=O)C1CCN(CC(=O)Nc2ccc(C(C)CC)cc2)CC1. The first-order chi connectivity index (χ1) is 13.5. The van der Waals surface area contributed by atoms with Crippen molar-refractivity contribution < 1.29 is 9.59 Å². The van der Waals surface area contributed by atoms with E-state index in [0.29, 0.717) is 12.5 Å². The number of hydrogen-bond donors (Lipinski definition) is 2. The third-order valence-corrected chi connectivity index (χ3v) is 5.78. The summed E-state index contributed by atoms with van der Waals surface area (Å²) in [5.74, 6) is 0.823. The largest absolute Gasteiger partial charge is 0.356 e. The number of carbonyl (C=O) groups excluding carboxylic acids is 2. The highest BCUT2D eigenvalue weighted by Crippen LogP contribution is 2.21. The maximum absolute atomic E-state index is 12.3. The van der Waals surface area contributed by atoms with Crippen molar-refractivity contribution in [1.29, 1.82) is 0 Å². The van der Waals surface area contributed by atoms with Gasteiger partial charge in [-0.3, -0.25) is 14.5 Å². The van der Waals surface area contributed by atoms with Gasteiger partial charge in [0.25, 0.3) is 0 Å². The van der Waals surface area contributed by atoms with Crippen molar-refractivity contribution in [1.82, 2.24) is 10.2 Å². The predicted molar refractivity (Wildman–Crippen MR) is 115 cm³/mol. The van der Waals surface area contributed by atoms with Gasteiger partial charge in [-0.15, -0.1) is 0 Å². The molecule has 5 nitrogen and oxygen atoms in total. The lowest BCUT2D eigenvalue weighted by molar-refractivity contribution is -0.126. The van der Waals surface area contributed by atoms with Crippen molar-refractivity contribution >= 4 is 17.5 Å². The molecule has 5 heteroatoms. The van der Waals surface area contributed by atoms with Crippen LogP contribution in [0.25, 0.3) is 0 Å². The van der Waals surface area contributed by atoms with Crippen LogP contribution in [0.4, 0.5) is 5.69 Å².